The molecule has 1 heterocycles. The van der Waals surface area contributed by atoms with E-state index < -0.39 is 6.10 Å². The molecule has 1 aromatic heterocycles. The first kappa shape index (κ1) is 17.6. The van der Waals surface area contributed by atoms with Gasteiger partial charge in [0.25, 0.3) is 0 Å². The highest BCUT2D eigenvalue weighted by molar-refractivity contribution is 5.76. The third-order valence-corrected chi connectivity index (χ3v) is 4.28. The Morgan fingerprint density at radius 2 is 1.84 bits per heavy atom. The number of aromatic nitrogens is 2. The first-order valence-corrected chi connectivity index (χ1v) is 9.01. The van der Waals surface area contributed by atoms with E-state index in [4.69, 9.17) is 9.72 Å². The summed E-state index contributed by atoms with van der Waals surface area (Å²) < 4.78 is 7.69. The average Bonchev–Trinajstić information content (AvgIpc) is 2.97. The molecule has 1 N–H and O–H groups in total. The van der Waals surface area contributed by atoms with Crippen LogP contribution in [0.4, 0.5) is 0 Å². The van der Waals surface area contributed by atoms with Crippen molar-refractivity contribution in [3.05, 3.63) is 66.0 Å². The Morgan fingerprint density at radius 1 is 1.08 bits per heavy atom. The van der Waals surface area contributed by atoms with E-state index in [0.717, 1.165) is 36.1 Å². The molecule has 4 heteroatoms. The maximum absolute atomic E-state index is 10.4. The van der Waals surface area contributed by atoms with Crippen molar-refractivity contribution < 1.29 is 9.84 Å². The highest BCUT2D eigenvalue weighted by Gasteiger charge is 2.14. The first-order chi connectivity index (χ1) is 12.3. The minimum Gasteiger partial charge on any atom is -0.389 e. The molecule has 25 heavy (non-hydrogen) atoms. The van der Waals surface area contributed by atoms with Crippen LogP contribution >= 0.6 is 0 Å². The van der Waals surface area contributed by atoms with Gasteiger partial charge in [0.05, 0.1) is 30.3 Å². The number of rotatable bonds is 9. The van der Waals surface area contributed by atoms with Crippen molar-refractivity contribution in [2.75, 3.05) is 13.2 Å². The van der Waals surface area contributed by atoms with Gasteiger partial charge in [-0.25, -0.2) is 4.98 Å². The van der Waals surface area contributed by atoms with Gasteiger partial charge < -0.3 is 14.4 Å². The molecule has 3 aromatic rings. The Labute approximate surface area is 149 Å². The Kier molecular flexibility index (Phi) is 6.20. The molecule has 0 fully saturated rings. The summed E-state index contributed by atoms with van der Waals surface area (Å²) in [7, 11) is 0. The topological polar surface area (TPSA) is 47.3 Å². The average molecular weight is 338 g/mol. The number of fused-ring (bicyclic) bond motifs is 1. The molecule has 0 aliphatic carbocycles. The smallest absolute Gasteiger partial charge is 0.114 e. The molecule has 0 aliphatic heterocycles. The number of ether oxygens (including phenoxy) is 1. The molecule has 4 nitrogen and oxygen atoms in total. The highest BCUT2D eigenvalue weighted by Crippen LogP contribution is 2.19. The zero-order valence-electron chi connectivity index (χ0n) is 14.8. The van der Waals surface area contributed by atoms with Crippen molar-refractivity contribution >= 4 is 11.0 Å². The van der Waals surface area contributed by atoms with E-state index in [1.807, 2.05) is 36.4 Å². The SMILES string of the molecule is CCCCOC[C@@H](O)Cn1c(Cc2ccccc2)nc2ccccc21. The van der Waals surface area contributed by atoms with Gasteiger partial charge in [-0.3, -0.25) is 0 Å². The lowest BCUT2D eigenvalue weighted by atomic mass is 10.1. The van der Waals surface area contributed by atoms with Crippen LogP contribution in [0.3, 0.4) is 0 Å². The van der Waals surface area contributed by atoms with Crippen LogP contribution in [-0.2, 0) is 17.7 Å². The summed E-state index contributed by atoms with van der Waals surface area (Å²) in [6.45, 7) is 3.69. The molecule has 1 atom stereocenters. The lowest BCUT2D eigenvalue weighted by Crippen LogP contribution is -2.23. The van der Waals surface area contributed by atoms with Gasteiger partial charge in [-0.1, -0.05) is 55.8 Å². The summed E-state index contributed by atoms with van der Waals surface area (Å²) in [5, 5.41) is 10.4. The van der Waals surface area contributed by atoms with Crippen LogP contribution in [0.2, 0.25) is 0 Å². The minimum absolute atomic E-state index is 0.358. The molecule has 0 unspecified atom stereocenters. The van der Waals surface area contributed by atoms with E-state index >= 15 is 0 Å². The van der Waals surface area contributed by atoms with Gasteiger partial charge in [0.15, 0.2) is 0 Å². The van der Waals surface area contributed by atoms with Crippen LogP contribution < -0.4 is 0 Å². The second-order valence-corrected chi connectivity index (χ2v) is 6.37. The van der Waals surface area contributed by atoms with Crippen molar-refractivity contribution in [3.63, 3.8) is 0 Å². The van der Waals surface area contributed by atoms with Crippen LogP contribution in [0.15, 0.2) is 54.6 Å². The van der Waals surface area contributed by atoms with Crippen LogP contribution in [0.1, 0.15) is 31.2 Å². The predicted molar refractivity (Wildman–Crippen MR) is 101 cm³/mol. The van der Waals surface area contributed by atoms with Gasteiger partial charge in [-0.05, 0) is 24.1 Å². The summed E-state index contributed by atoms with van der Waals surface area (Å²) in [5.74, 6) is 0.972. The molecule has 3 rings (SSSR count). The number of hydrogen-bond donors (Lipinski definition) is 1. The Bertz CT molecular complexity index is 783. The number of hydrogen-bond acceptors (Lipinski definition) is 3. The van der Waals surface area contributed by atoms with E-state index in [-0.39, 0.29) is 0 Å². The molecule has 0 spiro atoms. The lowest BCUT2D eigenvalue weighted by Gasteiger charge is -2.15. The molecule has 0 aliphatic rings. The van der Waals surface area contributed by atoms with Gasteiger partial charge in [-0.15, -0.1) is 0 Å². The van der Waals surface area contributed by atoms with Crippen LogP contribution in [0.5, 0.6) is 0 Å². The van der Waals surface area contributed by atoms with Gasteiger partial charge in [0, 0.05) is 13.0 Å². The number of nitrogens with zero attached hydrogens (tertiary/aromatic N) is 2. The van der Waals surface area contributed by atoms with Crippen molar-refractivity contribution in [2.24, 2.45) is 0 Å². The van der Waals surface area contributed by atoms with E-state index in [1.54, 1.807) is 0 Å². The number of para-hydroxylation sites is 2. The fraction of sp³-hybridized carbons (Fsp3) is 0.381. The summed E-state index contributed by atoms with van der Waals surface area (Å²) in [6.07, 6.45) is 2.34. The Hall–Kier alpha value is -2.17. The largest absolute Gasteiger partial charge is 0.389 e. The Morgan fingerprint density at radius 3 is 2.64 bits per heavy atom. The molecule has 0 bridgehead atoms. The zero-order chi connectivity index (χ0) is 17.5. The number of benzene rings is 2. The van der Waals surface area contributed by atoms with E-state index in [1.165, 1.54) is 5.56 Å². The lowest BCUT2D eigenvalue weighted by molar-refractivity contribution is 0.0273. The van der Waals surface area contributed by atoms with Crippen LogP contribution in [0.25, 0.3) is 11.0 Å². The number of aliphatic hydroxyl groups is 1. The molecule has 132 valence electrons. The van der Waals surface area contributed by atoms with E-state index in [9.17, 15) is 5.11 Å². The van der Waals surface area contributed by atoms with Crippen LogP contribution in [-0.4, -0.2) is 34.0 Å². The number of unbranched alkanes of at least 4 members (excludes halogenated alkanes) is 1. The molecule has 0 saturated heterocycles. The molecular formula is C21H26N2O2. The quantitative estimate of drug-likeness (QED) is 0.604. The fourth-order valence-corrected chi connectivity index (χ4v) is 2.97. The molecule has 2 aromatic carbocycles. The summed E-state index contributed by atoms with van der Waals surface area (Å²) in [5.41, 5.74) is 3.24. The molecular weight excluding hydrogens is 312 g/mol. The second kappa shape index (κ2) is 8.79. The standard InChI is InChI=1S/C21H26N2O2/c1-2-3-13-25-16-18(24)15-23-20-12-8-7-11-19(20)22-21(23)14-17-9-5-4-6-10-17/h4-12,18,24H,2-3,13-16H2,1H3/t18-/m0/s1. The highest BCUT2D eigenvalue weighted by atomic mass is 16.5. The molecule has 0 saturated carbocycles. The van der Waals surface area contributed by atoms with E-state index in [0.29, 0.717) is 19.8 Å². The van der Waals surface area contributed by atoms with Gasteiger partial charge >= 0.3 is 0 Å². The van der Waals surface area contributed by atoms with Crippen molar-refractivity contribution in [2.45, 2.75) is 38.8 Å². The minimum atomic E-state index is -0.538. The van der Waals surface area contributed by atoms with Crippen molar-refractivity contribution in [1.82, 2.24) is 9.55 Å². The summed E-state index contributed by atoms with van der Waals surface area (Å²) in [6, 6.07) is 18.4. The summed E-state index contributed by atoms with van der Waals surface area (Å²) >= 11 is 0. The van der Waals surface area contributed by atoms with Gasteiger partial charge in [-0.2, -0.15) is 0 Å². The van der Waals surface area contributed by atoms with Crippen molar-refractivity contribution in [3.8, 4) is 0 Å². The maximum atomic E-state index is 10.4. The van der Waals surface area contributed by atoms with Crippen molar-refractivity contribution in [1.29, 1.82) is 0 Å². The zero-order valence-corrected chi connectivity index (χ0v) is 14.8. The third kappa shape index (κ3) is 4.68. The van der Waals surface area contributed by atoms with Gasteiger partial charge in [0.1, 0.15) is 5.82 Å². The number of aliphatic hydroxyl groups excluding tert-OH is 1. The molecule has 0 radical (unpaired) electrons. The predicted octanol–water partition coefficient (Wildman–Crippen LogP) is 3.80. The van der Waals surface area contributed by atoms with Gasteiger partial charge in [0.2, 0.25) is 0 Å². The third-order valence-electron chi connectivity index (χ3n) is 4.28. The Balaban J connectivity index is 1.78. The fourth-order valence-electron chi connectivity index (χ4n) is 2.97. The summed E-state index contributed by atoms with van der Waals surface area (Å²) in [4.78, 5) is 4.78. The van der Waals surface area contributed by atoms with E-state index in [2.05, 4.69) is 29.7 Å². The monoisotopic (exact) mass is 338 g/mol. The van der Waals surface area contributed by atoms with Crippen LogP contribution in [0, 0.1) is 0 Å². The maximum Gasteiger partial charge on any atom is 0.114 e. The number of imidazole rings is 1. The first-order valence-electron chi connectivity index (χ1n) is 9.01. The molecule has 0 amide bonds. The second-order valence-electron chi connectivity index (χ2n) is 6.37. The normalized spacial score (nSPS) is 12.6.